The minimum absolute atomic E-state index is 0. The SMILES string of the molecule is CCn1c(=O)c2cnc(Nc3ccc4c(c3)CCNC4)nc2n1-c1cccc(C(C)(C)O)n1.Cl.Cl. The monoisotopic (exact) mass is 517 g/mol. The summed E-state index contributed by atoms with van der Waals surface area (Å²) >= 11 is 0. The fourth-order valence-corrected chi connectivity index (χ4v) is 4.17. The molecule has 9 nitrogen and oxygen atoms in total. The van der Waals surface area contributed by atoms with E-state index in [4.69, 9.17) is 0 Å². The molecule has 0 unspecified atom stereocenters. The molecule has 4 heterocycles. The molecule has 0 saturated heterocycles. The van der Waals surface area contributed by atoms with E-state index in [9.17, 15) is 9.90 Å². The Morgan fingerprint density at radius 2 is 1.94 bits per heavy atom. The lowest BCUT2D eigenvalue weighted by molar-refractivity contribution is 0.0738. The van der Waals surface area contributed by atoms with Gasteiger partial charge in [0.15, 0.2) is 11.5 Å². The van der Waals surface area contributed by atoms with Crippen molar-refractivity contribution in [2.24, 2.45) is 0 Å². The molecule has 5 rings (SSSR count). The molecular weight excluding hydrogens is 489 g/mol. The first-order valence-electron chi connectivity index (χ1n) is 11.1. The van der Waals surface area contributed by atoms with Crippen LogP contribution in [0.2, 0.25) is 0 Å². The maximum Gasteiger partial charge on any atom is 0.278 e. The summed E-state index contributed by atoms with van der Waals surface area (Å²) in [7, 11) is 0. The summed E-state index contributed by atoms with van der Waals surface area (Å²) in [4.78, 5) is 26.7. The second-order valence-electron chi connectivity index (χ2n) is 8.74. The Bertz CT molecular complexity index is 1410. The highest BCUT2D eigenvalue weighted by Crippen LogP contribution is 2.23. The lowest BCUT2D eigenvalue weighted by atomic mass is 10.0. The lowest BCUT2D eigenvalue weighted by Crippen LogP contribution is -2.23. The Kier molecular flexibility index (Phi) is 7.86. The lowest BCUT2D eigenvalue weighted by Gasteiger charge is -2.18. The van der Waals surface area contributed by atoms with Crippen molar-refractivity contribution >= 4 is 47.5 Å². The molecule has 0 spiro atoms. The third-order valence-corrected chi connectivity index (χ3v) is 5.90. The molecule has 3 N–H and O–H groups in total. The van der Waals surface area contributed by atoms with E-state index in [2.05, 4.69) is 37.7 Å². The molecular formula is C24H29Cl2N7O2. The molecule has 0 aliphatic carbocycles. The summed E-state index contributed by atoms with van der Waals surface area (Å²) in [5, 5.41) is 17.5. The molecule has 1 aliphatic heterocycles. The number of benzene rings is 1. The van der Waals surface area contributed by atoms with E-state index >= 15 is 0 Å². The van der Waals surface area contributed by atoms with E-state index < -0.39 is 5.60 Å². The van der Waals surface area contributed by atoms with Gasteiger partial charge in [-0.2, -0.15) is 4.98 Å². The smallest absolute Gasteiger partial charge is 0.278 e. The Labute approximate surface area is 215 Å². The van der Waals surface area contributed by atoms with Crippen LogP contribution < -0.4 is 16.2 Å². The van der Waals surface area contributed by atoms with Crippen LogP contribution in [0.5, 0.6) is 0 Å². The number of nitrogens with one attached hydrogen (secondary N) is 2. The molecule has 0 fully saturated rings. The van der Waals surface area contributed by atoms with Crippen LogP contribution in [-0.2, 0) is 25.1 Å². The van der Waals surface area contributed by atoms with Gasteiger partial charge in [-0.05, 0) is 69.1 Å². The quantitative estimate of drug-likeness (QED) is 0.371. The van der Waals surface area contributed by atoms with E-state index in [0.717, 1.165) is 25.2 Å². The van der Waals surface area contributed by atoms with Gasteiger partial charge in [0.2, 0.25) is 5.95 Å². The van der Waals surface area contributed by atoms with Crippen LogP contribution in [0.15, 0.2) is 47.4 Å². The van der Waals surface area contributed by atoms with Crippen LogP contribution >= 0.6 is 24.8 Å². The van der Waals surface area contributed by atoms with Gasteiger partial charge in [0.25, 0.3) is 5.56 Å². The fraction of sp³-hybridized carbons (Fsp3) is 0.333. The summed E-state index contributed by atoms with van der Waals surface area (Å²) in [6.45, 7) is 7.53. The van der Waals surface area contributed by atoms with Gasteiger partial charge < -0.3 is 15.7 Å². The van der Waals surface area contributed by atoms with E-state index in [1.165, 1.54) is 11.1 Å². The predicted octanol–water partition coefficient (Wildman–Crippen LogP) is 3.46. The molecule has 1 aliphatic rings. The minimum Gasteiger partial charge on any atom is -0.384 e. The Hall–Kier alpha value is -2.98. The zero-order valence-electron chi connectivity index (χ0n) is 19.8. The van der Waals surface area contributed by atoms with Crippen LogP contribution in [0.1, 0.15) is 37.6 Å². The van der Waals surface area contributed by atoms with Crippen molar-refractivity contribution in [1.82, 2.24) is 29.6 Å². The van der Waals surface area contributed by atoms with Crippen LogP contribution in [-0.4, -0.2) is 36.0 Å². The van der Waals surface area contributed by atoms with Crippen molar-refractivity contribution in [3.63, 3.8) is 0 Å². The standard InChI is InChI=1S/C24H27N7O2.2ClH/c1-4-30-22(32)18-14-26-23(27-17-9-8-16-13-25-11-10-15(16)12-17)29-21(18)31(30)20-7-5-6-19(28-20)24(2,3)33;;/h5-9,12,14,25,33H,4,10-11,13H2,1-3H3,(H,26,27,29);2*1H. The third kappa shape index (κ3) is 5.04. The van der Waals surface area contributed by atoms with E-state index in [1.54, 1.807) is 41.5 Å². The van der Waals surface area contributed by atoms with Gasteiger partial charge in [-0.25, -0.2) is 19.3 Å². The second-order valence-corrected chi connectivity index (χ2v) is 8.74. The van der Waals surface area contributed by atoms with Crippen LogP contribution in [0.25, 0.3) is 16.9 Å². The van der Waals surface area contributed by atoms with Crippen molar-refractivity contribution in [2.45, 2.75) is 45.9 Å². The number of fused-ring (bicyclic) bond motifs is 2. The molecule has 0 bridgehead atoms. The summed E-state index contributed by atoms with van der Waals surface area (Å²) in [5.41, 5.74) is 3.18. The van der Waals surface area contributed by atoms with Gasteiger partial charge in [0.1, 0.15) is 11.0 Å². The highest BCUT2D eigenvalue weighted by molar-refractivity contribution is 5.85. The van der Waals surface area contributed by atoms with Gasteiger partial charge >= 0.3 is 0 Å². The number of anilines is 2. The zero-order valence-corrected chi connectivity index (χ0v) is 21.4. The maximum absolute atomic E-state index is 13.0. The molecule has 35 heavy (non-hydrogen) atoms. The first-order valence-corrected chi connectivity index (χ1v) is 11.1. The number of pyridine rings is 1. The minimum atomic E-state index is -1.11. The average Bonchev–Trinajstić information content (AvgIpc) is 3.09. The number of aliphatic hydroxyl groups is 1. The molecule has 1 aromatic carbocycles. The fourth-order valence-electron chi connectivity index (χ4n) is 4.17. The maximum atomic E-state index is 13.0. The molecule has 186 valence electrons. The summed E-state index contributed by atoms with van der Waals surface area (Å²) < 4.78 is 3.27. The normalized spacial score (nSPS) is 13.0. The van der Waals surface area contributed by atoms with Gasteiger partial charge in [0.05, 0.1) is 5.69 Å². The van der Waals surface area contributed by atoms with Crippen molar-refractivity contribution in [2.75, 3.05) is 11.9 Å². The first kappa shape index (κ1) is 26.6. The van der Waals surface area contributed by atoms with Crippen LogP contribution in [0, 0.1) is 0 Å². The number of hydrogen-bond acceptors (Lipinski definition) is 7. The molecule has 0 amide bonds. The molecule has 3 aromatic heterocycles. The van der Waals surface area contributed by atoms with Crippen molar-refractivity contribution in [3.05, 3.63) is 69.8 Å². The molecule has 0 radical (unpaired) electrons. The van der Waals surface area contributed by atoms with Gasteiger partial charge in [-0.3, -0.25) is 4.79 Å². The van der Waals surface area contributed by atoms with Crippen LogP contribution in [0.3, 0.4) is 0 Å². The van der Waals surface area contributed by atoms with Crippen LogP contribution in [0.4, 0.5) is 11.6 Å². The second kappa shape index (κ2) is 10.3. The molecule has 0 atom stereocenters. The number of hydrogen-bond donors (Lipinski definition) is 3. The highest BCUT2D eigenvalue weighted by Gasteiger charge is 2.21. The van der Waals surface area contributed by atoms with Crippen molar-refractivity contribution < 1.29 is 5.11 Å². The Morgan fingerprint density at radius 1 is 1.14 bits per heavy atom. The topological polar surface area (TPSA) is 110 Å². The summed E-state index contributed by atoms with van der Waals surface area (Å²) in [6, 6.07) is 11.6. The van der Waals surface area contributed by atoms with Crippen molar-refractivity contribution in [1.29, 1.82) is 0 Å². The van der Waals surface area contributed by atoms with Gasteiger partial charge in [0, 0.05) is 25.0 Å². The molecule has 11 heteroatoms. The van der Waals surface area contributed by atoms with Gasteiger partial charge in [-0.15, -0.1) is 24.8 Å². The van der Waals surface area contributed by atoms with E-state index in [0.29, 0.717) is 35.0 Å². The average molecular weight is 518 g/mol. The Balaban J connectivity index is 0.00000171. The largest absolute Gasteiger partial charge is 0.384 e. The zero-order chi connectivity index (χ0) is 23.2. The molecule has 0 saturated carbocycles. The van der Waals surface area contributed by atoms with E-state index in [1.807, 2.05) is 19.1 Å². The summed E-state index contributed by atoms with van der Waals surface area (Å²) in [6.07, 6.45) is 2.53. The third-order valence-electron chi connectivity index (χ3n) is 5.90. The number of rotatable bonds is 5. The summed E-state index contributed by atoms with van der Waals surface area (Å²) in [5.74, 6) is 0.909. The number of aromatic nitrogens is 5. The number of nitrogens with zero attached hydrogens (tertiary/aromatic N) is 5. The number of halogens is 2. The predicted molar refractivity (Wildman–Crippen MR) is 141 cm³/mol. The van der Waals surface area contributed by atoms with E-state index in [-0.39, 0.29) is 30.4 Å². The van der Waals surface area contributed by atoms with Crippen molar-refractivity contribution in [3.8, 4) is 5.82 Å². The first-order chi connectivity index (χ1) is 15.8. The van der Waals surface area contributed by atoms with Gasteiger partial charge in [-0.1, -0.05) is 12.1 Å². The molecule has 4 aromatic rings. The highest BCUT2D eigenvalue weighted by atomic mass is 35.5. The Morgan fingerprint density at radius 3 is 2.69 bits per heavy atom.